The van der Waals surface area contributed by atoms with Gasteiger partial charge in [0.2, 0.25) is 0 Å². The molecule has 0 saturated carbocycles. The van der Waals surface area contributed by atoms with E-state index in [9.17, 15) is 9.18 Å². The topological polar surface area (TPSA) is 59.0 Å². The highest BCUT2D eigenvalue weighted by Gasteiger charge is 2.20. The Hall–Kier alpha value is -3.41. The highest BCUT2D eigenvalue weighted by molar-refractivity contribution is 5.94. The Balaban J connectivity index is 1.45. The molecule has 0 N–H and O–H groups in total. The number of carbonyl (C=O) groups excluding carboxylic acids is 1. The molecule has 134 valence electrons. The first-order chi connectivity index (χ1) is 13.2. The molecule has 0 aliphatic carbocycles. The molecule has 0 saturated heterocycles. The van der Waals surface area contributed by atoms with Crippen molar-refractivity contribution in [1.29, 1.82) is 0 Å². The number of rotatable bonds is 3. The molecule has 3 heterocycles. The number of nitrogens with zero attached hydrogens (tertiary/aromatic N) is 4. The van der Waals surface area contributed by atoms with E-state index >= 15 is 0 Å². The van der Waals surface area contributed by atoms with E-state index in [1.165, 1.54) is 12.1 Å². The monoisotopic (exact) mass is 360 g/mol. The van der Waals surface area contributed by atoms with E-state index in [-0.39, 0.29) is 11.7 Å². The zero-order chi connectivity index (χ0) is 18.6. The van der Waals surface area contributed by atoms with Crippen molar-refractivity contribution in [1.82, 2.24) is 19.9 Å². The third-order valence-electron chi connectivity index (χ3n) is 4.55. The summed E-state index contributed by atoms with van der Waals surface area (Å²) in [6.45, 7) is 1.12. The molecule has 1 amide bonds. The lowest BCUT2D eigenvalue weighted by molar-refractivity contribution is 0.0772. The highest BCUT2D eigenvalue weighted by Crippen LogP contribution is 2.23. The van der Waals surface area contributed by atoms with Crippen LogP contribution in [-0.4, -0.2) is 38.8 Å². The van der Waals surface area contributed by atoms with Gasteiger partial charge >= 0.3 is 0 Å². The Morgan fingerprint density at radius 3 is 2.30 bits per heavy atom. The Morgan fingerprint density at radius 1 is 0.963 bits per heavy atom. The summed E-state index contributed by atoms with van der Waals surface area (Å²) in [5.41, 5.74) is 3.44. The van der Waals surface area contributed by atoms with Crippen LogP contribution in [0.1, 0.15) is 22.3 Å². The molecule has 1 aliphatic rings. The summed E-state index contributed by atoms with van der Waals surface area (Å²) in [6.07, 6.45) is 9.22. The van der Waals surface area contributed by atoms with Crippen LogP contribution in [0.5, 0.6) is 0 Å². The number of amides is 1. The summed E-state index contributed by atoms with van der Waals surface area (Å²) in [7, 11) is 0. The number of carbonyl (C=O) groups is 1. The summed E-state index contributed by atoms with van der Waals surface area (Å²) in [6, 6.07) is 10.1. The largest absolute Gasteiger partial charge is 0.334 e. The van der Waals surface area contributed by atoms with Crippen molar-refractivity contribution in [2.75, 3.05) is 13.1 Å². The number of hydrogen-bond donors (Lipinski definition) is 0. The second-order valence-electron chi connectivity index (χ2n) is 6.27. The van der Waals surface area contributed by atoms with Crippen LogP contribution in [0, 0.1) is 5.82 Å². The van der Waals surface area contributed by atoms with Crippen LogP contribution in [0.3, 0.4) is 0 Å². The fourth-order valence-electron chi connectivity index (χ4n) is 3.05. The van der Waals surface area contributed by atoms with Crippen molar-refractivity contribution in [2.45, 2.75) is 6.42 Å². The Bertz CT molecular complexity index is 969. The van der Waals surface area contributed by atoms with Crippen molar-refractivity contribution in [3.05, 3.63) is 84.2 Å². The molecular formula is C21H17FN4O. The summed E-state index contributed by atoms with van der Waals surface area (Å²) in [5.74, 6) is 0.221. The molecular weight excluding hydrogens is 343 g/mol. The fraction of sp³-hybridized carbons (Fsp3) is 0.143. The van der Waals surface area contributed by atoms with Crippen LogP contribution in [0.15, 0.2) is 67.3 Å². The van der Waals surface area contributed by atoms with Crippen LogP contribution in [-0.2, 0) is 0 Å². The number of hydrogen-bond acceptors (Lipinski definition) is 4. The van der Waals surface area contributed by atoms with E-state index in [0.29, 0.717) is 24.5 Å². The Morgan fingerprint density at radius 2 is 1.67 bits per heavy atom. The van der Waals surface area contributed by atoms with Gasteiger partial charge in [-0.05, 0) is 41.8 Å². The van der Waals surface area contributed by atoms with Crippen LogP contribution in [0.2, 0.25) is 0 Å². The number of aromatic nitrogens is 3. The second-order valence-corrected chi connectivity index (χ2v) is 6.27. The Labute approximate surface area is 156 Å². The summed E-state index contributed by atoms with van der Waals surface area (Å²) in [5, 5.41) is 0. The molecule has 6 heteroatoms. The average Bonchev–Trinajstić information content (AvgIpc) is 2.75. The number of halogens is 1. The third kappa shape index (κ3) is 3.74. The molecule has 3 aromatic rings. The first kappa shape index (κ1) is 17.0. The number of pyridine rings is 1. The van der Waals surface area contributed by atoms with Crippen LogP contribution < -0.4 is 0 Å². The molecule has 1 aromatic carbocycles. The second kappa shape index (κ2) is 7.45. The quantitative estimate of drug-likeness (QED) is 0.716. The minimum atomic E-state index is -0.248. The highest BCUT2D eigenvalue weighted by atomic mass is 19.1. The van der Waals surface area contributed by atoms with Crippen molar-refractivity contribution < 1.29 is 9.18 Å². The average molecular weight is 360 g/mol. The predicted octanol–water partition coefficient (Wildman–Crippen LogP) is 3.61. The molecule has 4 rings (SSSR count). The molecule has 0 spiro atoms. The molecule has 2 aromatic heterocycles. The minimum absolute atomic E-state index is 0.0920. The lowest BCUT2D eigenvalue weighted by atomic mass is 9.99. The molecule has 0 bridgehead atoms. The smallest absolute Gasteiger partial charge is 0.257 e. The molecule has 0 unspecified atom stereocenters. The maximum Gasteiger partial charge on any atom is 0.257 e. The normalized spacial score (nSPS) is 14.0. The molecule has 5 nitrogen and oxygen atoms in total. The molecule has 27 heavy (non-hydrogen) atoms. The standard InChI is InChI=1S/C21H17FN4O/c22-19-3-1-15(2-4-19)16-7-11-26(12-8-16)21(27)18-13-24-20(25-14-18)17-5-9-23-10-6-17/h1-7,9-10,13-14H,8,11-12H2. The lowest BCUT2D eigenvalue weighted by Crippen LogP contribution is -2.34. The minimum Gasteiger partial charge on any atom is -0.334 e. The van der Waals surface area contributed by atoms with Gasteiger partial charge in [0.25, 0.3) is 5.91 Å². The SMILES string of the molecule is O=C(c1cnc(-c2ccncc2)nc1)N1CC=C(c2ccc(F)cc2)CC1. The summed E-state index contributed by atoms with van der Waals surface area (Å²) >= 11 is 0. The van der Waals surface area contributed by atoms with Crippen LogP contribution in [0.4, 0.5) is 4.39 Å². The van der Waals surface area contributed by atoms with Gasteiger partial charge in [-0.2, -0.15) is 0 Å². The van der Waals surface area contributed by atoms with Gasteiger partial charge < -0.3 is 4.90 Å². The number of benzene rings is 1. The van der Waals surface area contributed by atoms with Gasteiger partial charge in [0.05, 0.1) is 5.56 Å². The van der Waals surface area contributed by atoms with Crippen molar-refractivity contribution >= 4 is 11.5 Å². The fourth-order valence-corrected chi connectivity index (χ4v) is 3.05. The molecule has 0 fully saturated rings. The molecule has 1 aliphatic heterocycles. The van der Waals surface area contributed by atoms with Gasteiger partial charge in [0, 0.05) is 43.4 Å². The first-order valence-corrected chi connectivity index (χ1v) is 8.67. The van der Waals surface area contributed by atoms with Gasteiger partial charge in [-0.15, -0.1) is 0 Å². The predicted molar refractivity (Wildman–Crippen MR) is 100 cm³/mol. The van der Waals surface area contributed by atoms with Crippen molar-refractivity contribution in [3.63, 3.8) is 0 Å². The van der Waals surface area contributed by atoms with Crippen LogP contribution >= 0.6 is 0 Å². The summed E-state index contributed by atoms with van der Waals surface area (Å²) < 4.78 is 13.1. The molecule has 0 radical (unpaired) electrons. The van der Waals surface area contributed by atoms with E-state index in [2.05, 4.69) is 15.0 Å². The van der Waals surface area contributed by atoms with Crippen LogP contribution in [0.25, 0.3) is 17.0 Å². The van der Waals surface area contributed by atoms with E-state index in [0.717, 1.165) is 23.1 Å². The van der Waals surface area contributed by atoms with Gasteiger partial charge in [-0.1, -0.05) is 18.2 Å². The zero-order valence-electron chi connectivity index (χ0n) is 14.5. The zero-order valence-corrected chi connectivity index (χ0v) is 14.5. The van der Waals surface area contributed by atoms with Gasteiger partial charge in [0.1, 0.15) is 5.82 Å². The lowest BCUT2D eigenvalue weighted by Gasteiger charge is -2.26. The van der Waals surface area contributed by atoms with E-state index < -0.39 is 0 Å². The first-order valence-electron chi connectivity index (χ1n) is 8.67. The van der Waals surface area contributed by atoms with Gasteiger partial charge in [-0.25, -0.2) is 14.4 Å². The van der Waals surface area contributed by atoms with Crippen molar-refractivity contribution in [2.24, 2.45) is 0 Å². The van der Waals surface area contributed by atoms with Crippen molar-refractivity contribution in [3.8, 4) is 11.4 Å². The van der Waals surface area contributed by atoms with E-state index in [1.807, 2.05) is 18.2 Å². The Kier molecular flexibility index (Phi) is 4.70. The van der Waals surface area contributed by atoms with Gasteiger partial charge in [-0.3, -0.25) is 9.78 Å². The molecule has 0 atom stereocenters. The van der Waals surface area contributed by atoms with E-state index in [1.54, 1.807) is 41.8 Å². The third-order valence-corrected chi connectivity index (χ3v) is 4.55. The van der Waals surface area contributed by atoms with Gasteiger partial charge in [0.15, 0.2) is 5.82 Å². The maximum atomic E-state index is 13.1. The summed E-state index contributed by atoms with van der Waals surface area (Å²) in [4.78, 5) is 27.0. The maximum absolute atomic E-state index is 13.1. The van der Waals surface area contributed by atoms with E-state index in [4.69, 9.17) is 0 Å².